The molecule has 1 aliphatic rings. The van der Waals surface area contributed by atoms with E-state index in [-0.39, 0.29) is 0 Å². The van der Waals surface area contributed by atoms with E-state index >= 15 is 0 Å². The third kappa shape index (κ3) is 4.14. The van der Waals surface area contributed by atoms with Crippen molar-refractivity contribution >= 4 is 16.6 Å². The van der Waals surface area contributed by atoms with E-state index in [1.807, 2.05) is 24.4 Å². The van der Waals surface area contributed by atoms with Gasteiger partial charge in [-0.1, -0.05) is 24.3 Å². The van der Waals surface area contributed by atoms with Gasteiger partial charge in [-0.3, -0.25) is 9.88 Å². The maximum absolute atomic E-state index is 5.93. The van der Waals surface area contributed by atoms with Crippen LogP contribution in [-0.2, 0) is 0 Å². The molecular formula is C22H25N3O. The number of hydrogen-bond donors (Lipinski definition) is 0. The SMILES string of the molecule is c1ccc(N2CCN(CCCOc3ccc4ncccc4c3)CC2)cc1. The summed E-state index contributed by atoms with van der Waals surface area (Å²) in [6.45, 7) is 6.29. The van der Waals surface area contributed by atoms with Crippen molar-refractivity contribution in [1.82, 2.24) is 9.88 Å². The molecule has 2 aromatic carbocycles. The van der Waals surface area contributed by atoms with Crippen LogP contribution in [-0.4, -0.2) is 49.2 Å². The number of fused-ring (bicyclic) bond motifs is 1. The average molecular weight is 347 g/mol. The maximum atomic E-state index is 5.93. The highest BCUT2D eigenvalue weighted by molar-refractivity contribution is 5.79. The van der Waals surface area contributed by atoms with E-state index in [1.165, 1.54) is 5.69 Å². The summed E-state index contributed by atoms with van der Waals surface area (Å²) in [6.07, 6.45) is 2.87. The predicted octanol–water partition coefficient (Wildman–Crippen LogP) is 3.83. The molecule has 4 nitrogen and oxygen atoms in total. The van der Waals surface area contributed by atoms with Crippen molar-refractivity contribution in [2.24, 2.45) is 0 Å². The zero-order chi connectivity index (χ0) is 17.6. The summed E-state index contributed by atoms with van der Waals surface area (Å²) < 4.78 is 5.93. The zero-order valence-electron chi connectivity index (χ0n) is 15.1. The van der Waals surface area contributed by atoms with Crippen LogP contribution in [0, 0.1) is 0 Å². The van der Waals surface area contributed by atoms with E-state index in [0.717, 1.165) is 62.4 Å². The van der Waals surface area contributed by atoms with Crippen LogP contribution in [0.5, 0.6) is 5.75 Å². The van der Waals surface area contributed by atoms with E-state index in [2.05, 4.69) is 57.2 Å². The Morgan fingerprint density at radius 1 is 0.885 bits per heavy atom. The molecule has 0 saturated carbocycles. The number of para-hydroxylation sites is 1. The lowest BCUT2D eigenvalue weighted by Gasteiger charge is -2.36. The second kappa shape index (κ2) is 8.19. The Balaban J connectivity index is 1.19. The summed E-state index contributed by atoms with van der Waals surface area (Å²) >= 11 is 0. The van der Waals surface area contributed by atoms with E-state index in [4.69, 9.17) is 4.74 Å². The van der Waals surface area contributed by atoms with Gasteiger partial charge in [0.05, 0.1) is 12.1 Å². The largest absolute Gasteiger partial charge is 0.494 e. The van der Waals surface area contributed by atoms with Gasteiger partial charge in [0, 0.05) is 50.0 Å². The summed E-state index contributed by atoms with van der Waals surface area (Å²) in [6, 6.07) is 20.8. The number of pyridine rings is 1. The number of piperazine rings is 1. The topological polar surface area (TPSA) is 28.6 Å². The zero-order valence-corrected chi connectivity index (χ0v) is 15.1. The minimum absolute atomic E-state index is 0.755. The number of anilines is 1. The Kier molecular flexibility index (Phi) is 5.31. The van der Waals surface area contributed by atoms with Gasteiger partial charge in [0.2, 0.25) is 0 Å². The summed E-state index contributed by atoms with van der Waals surface area (Å²) in [5, 5.41) is 1.13. The molecule has 0 atom stereocenters. The lowest BCUT2D eigenvalue weighted by molar-refractivity contribution is 0.225. The highest BCUT2D eigenvalue weighted by Gasteiger charge is 2.16. The normalized spacial score (nSPS) is 15.3. The van der Waals surface area contributed by atoms with Crippen molar-refractivity contribution in [2.75, 3.05) is 44.2 Å². The first-order chi connectivity index (χ1) is 12.9. The molecule has 26 heavy (non-hydrogen) atoms. The quantitative estimate of drug-likeness (QED) is 0.634. The van der Waals surface area contributed by atoms with Crippen LogP contribution < -0.4 is 9.64 Å². The standard InChI is InChI=1S/C22H25N3O/c1-2-7-20(8-3-1)25-15-13-24(14-16-25)12-5-17-26-21-9-10-22-19(18-21)6-4-11-23-22/h1-4,6-11,18H,5,12-17H2. The molecule has 0 amide bonds. The van der Waals surface area contributed by atoms with Crippen LogP contribution in [0.1, 0.15) is 6.42 Å². The molecule has 1 aromatic heterocycles. The summed E-state index contributed by atoms with van der Waals surface area (Å²) in [4.78, 5) is 9.34. The Morgan fingerprint density at radius 3 is 2.58 bits per heavy atom. The summed E-state index contributed by atoms with van der Waals surface area (Å²) in [7, 11) is 0. The van der Waals surface area contributed by atoms with Crippen LogP contribution in [0.4, 0.5) is 5.69 Å². The molecule has 0 unspecified atom stereocenters. The molecule has 0 spiro atoms. The molecule has 3 aromatic rings. The van der Waals surface area contributed by atoms with Crippen molar-refractivity contribution < 1.29 is 4.74 Å². The number of ether oxygens (including phenoxy) is 1. The molecule has 0 radical (unpaired) electrons. The molecule has 2 heterocycles. The lowest BCUT2D eigenvalue weighted by Crippen LogP contribution is -2.46. The Morgan fingerprint density at radius 2 is 1.73 bits per heavy atom. The Hall–Kier alpha value is -2.59. The predicted molar refractivity (Wildman–Crippen MR) is 107 cm³/mol. The highest BCUT2D eigenvalue weighted by Crippen LogP contribution is 2.19. The molecule has 4 heteroatoms. The number of rotatable bonds is 6. The van der Waals surface area contributed by atoms with E-state index < -0.39 is 0 Å². The molecule has 0 aliphatic carbocycles. The molecular weight excluding hydrogens is 322 g/mol. The summed E-state index contributed by atoms with van der Waals surface area (Å²) in [5.74, 6) is 0.930. The Labute approximate surface area is 155 Å². The average Bonchev–Trinajstić information content (AvgIpc) is 2.72. The molecule has 0 N–H and O–H groups in total. The maximum Gasteiger partial charge on any atom is 0.120 e. The lowest BCUT2D eigenvalue weighted by atomic mass is 10.2. The van der Waals surface area contributed by atoms with Gasteiger partial charge in [-0.25, -0.2) is 0 Å². The second-order valence-electron chi connectivity index (χ2n) is 6.72. The van der Waals surface area contributed by atoms with Crippen molar-refractivity contribution in [3.63, 3.8) is 0 Å². The fraction of sp³-hybridized carbons (Fsp3) is 0.318. The van der Waals surface area contributed by atoms with Crippen LogP contribution in [0.15, 0.2) is 66.9 Å². The molecule has 1 aliphatic heterocycles. The second-order valence-corrected chi connectivity index (χ2v) is 6.72. The van der Waals surface area contributed by atoms with Gasteiger partial charge in [-0.05, 0) is 42.8 Å². The van der Waals surface area contributed by atoms with E-state index in [0.29, 0.717) is 0 Å². The van der Waals surface area contributed by atoms with Crippen LogP contribution in [0.3, 0.4) is 0 Å². The fourth-order valence-electron chi connectivity index (χ4n) is 3.49. The minimum atomic E-state index is 0.755. The van der Waals surface area contributed by atoms with Gasteiger partial charge in [0.1, 0.15) is 5.75 Å². The van der Waals surface area contributed by atoms with E-state index in [1.54, 1.807) is 0 Å². The monoisotopic (exact) mass is 347 g/mol. The summed E-state index contributed by atoms with van der Waals surface area (Å²) in [5.41, 5.74) is 2.34. The third-order valence-electron chi connectivity index (χ3n) is 4.96. The number of hydrogen-bond acceptors (Lipinski definition) is 4. The van der Waals surface area contributed by atoms with Gasteiger partial charge in [0.15, 0.2) is 0 Å². The number of nitrogens with zero attached hydrogens (tertiary/aromatic N) is 3. The number of aromatic nitrogens is 1. The molecule has 0 bridgehead atoms. The van der Waals surface area contributed by atoms with Gasteiger partial charge in [0.25, 0.3) is 0 Å². The first-order valence-electron chi connectivity index (χ1n) is 9.38. The van der Waals surface area contributed by atoms with Crippen LogP contribution in [0.2, 0.25) is 0 Å². The first-order valence-corrected chi connectivity index (χ1v) is 9.38. The van der Waals surface area contributed by atoms with Crippen molar-refractivity contribution in [2.45, 2.75) is 6.42 Å². The molecule has 4 rings (SSSR count). The van der Waals surface area contributed by atoms with Crippen molar-refractivity contribution in [3.05, 3.63) is 66.9 Å². The first kappa shape index (κ1) is 16.9. The van der Waals surface area contributed by atoms with Crippen LogP contribution >= 0.6 is 0 Å². The Bertz CT molecular complexity index is 829. The molecule has 1 saturated heterocycles. The number of benzene rings is 2. The minimum Gasteiger partial charge on any atom is -0.494 e. The highest BCUT2D eigenvalue weighted by atomic mass is 16.5. The van der Waals surface area contributed by atoms with Crippen molar-refractivity contribution in [1.29, 1.82) is 0 Å². The molecule has 1 fully saturated rings. The fourth-order valence-corrected chi connectivity index (χ4v) is 3.49. The van der Waals surface area contributed by atoms with Gasteiger partial charge in [-0.15, -0.1) is 0 Å². The van der Waals surface area contributed by atoms with Crippen molar-refractivity contribution in [3.8, 4) is 5.75 Å². The van der Waals surface area contributed by atoms with Gasteiger partial charge < -0.3 is 9.64 Å². The van der Waals surface area contributed by atoms with Gasteiger partial charge >= 0.3 is 0 Å². The molecule has 134 valence electrons. The van der Waals surface area contributed by atoms with E-state index in [9.17, 15) is 0 Å². The smallest absolute Gasteiger partial charge is 0.120 e. The van der Waals surface area contributed by atoms with Gasteiger partial charge in [-0.2, -0.15) is 0 Å². The third-order valence-corrected chi connectivity index (χ3v) is 4.96. The van der Waals surface area contributed by atoms with Crippen LogP contribution in [0.25, 0.3) is 10.9 Å².